The highest BCUT2D eigenvalue weighted by molar-refractivity contribution is 6.00. The second kappa shape index (κ2) is 8.30. The number of aryl methyl sites for hydroxylation is 1. The third-order valence-electron chi connectivity index (χ3n) is 4.37. The Morgan fingerprint density at radius 1 is 0.923 bits per heavy atom. The van der Waals surface area contributed by atoms with Gasteiger partial charge in [0.25, 0.3) is 5.91 Å². The highest BCUT2D eigenvalue weighted by atomic mass is 16.5. The fraction of sp³-hybridized carbons (Fsp3) is 0.182. The summed E-state index contributed by atoms with van der Waals surface area (Å²) >= 11 is 0. The summed E-state index contributed by atoms with van der Waals surface area (Å²) < 4.78 is 4.85. The lowest BCUT2D eigenvalue weighted by Gasteiger charge is -2.17. The summed E-state index contributed by atoms with van der Waals surface area (Å²) in [5.41, 5.74) is 1.64. The summed E-state index contributed by atoms with van der Waals surface area (Å²) in [5.74, 6) is -0.714. The summed E-state index contributed by atoms with van der Waals surface area (Å²) in [6.45, 7) is 0. The van der Waals surface area contributed by atoms with Crippen LogP contribution in [0.25, 0.3) is 10.8 Å². The van der Waals surface area contributed by atoms with E-state index >= 15 is 0 Å². The fourth-order valence-electron chi connectivity index (χ4n) is 2.92. The minimum absolute atomic E-state index is 0.279. The van der Waals surface area contributed by atoms with E-state index in [1.165, 1.54) is 7.11 Å². The van der Waals surface area contributed by atoms with E-state index in [1.807, 2.05) is 66.7 Å². The second-order valence-corrected chi connectivity index (χ2v) is 6.14. The molecule has 0 aromatic heterocycles. The van der Waals surface area contributed by atoms with Crippen LogP contribution < -0.4 is 5.32 Å². The van der Waals surface area contributed by atoms with Crippen molar-refractivity contribution in [3.05, 3.63) is 83.9 Å². The molecule has 4 heteroatoms. The number of hydrogen-bond donors (Lipinski definition) is 1. The molecule has 0 heterocycles. The fourth-order valence-corrected chi connectivity index (χ4v) is 2.92. The first-order valence-corrected chi connectivity index (χ1v) is 8.59. The molecule has 1 amide bonds. The van der Waals surface area contributed by atoms with Crippen molar-refractivity contribution in [1.29, 1.82) is 0 Å². The van der Waals surface area contributed by atoms with Gasteiger partial charge in [0.1, 0.15) is 6.04 Å². The van der Waals surface area contributed by atoms with Crippen LogP contribution in [-0.2, 0) is 16.0 Å². The zero-order chi connectivity index (χ0) is 18.4. The van der Waals surface area contributed by atoms with E-state index in [-0.39, 0.29) is 5.91 Å². The minimum Gasteiger partial charge on any atom is -0.467 e. The number of benzene rings is 3. The molecule has 0 aliphatic rings. The largest absolute Gasteiger partial charge is 0.467 e. The summed E-state index contributed by atoms with van der Waals surface area (Å²) in [6.07, 6.45) is 1.16. The molecule has 4 nitrogen and oxygen atoms in total. The molecule has 26 heavy (non-hydrogen) atoms. The lowest BCUT2D eigenvalue weighted by Crippen LogP contribution is -2.41. The molecule has 132 valence electrons. The third-order valence-corrected chi connectivity index (χ3v) is 4.37. The van der Waals surface area contributed by atoms with Crippen LogP contribution in [0.2, 0.25) is 0 Å². The van der Waals surface area contributed by atoms with Crippen molar-refractivity contribution < 1.29 is 14.3 Å². The Hall–Kier alpha value is -3.14. The molecule has 0 fully saturated rings. The molecular formula is C22H21NO3. The zero-order valence-electron chi connectivity index (χ0n) is 14.6. The van der Waals surface area contributed by atoms with Crippen LogP contribution in [0, 0.1) is 0 Å². The smallest absolute Gasteiger partial charge is 0.328 e. The molecule has 0 saturated heterocycles. The molecule has 0 radical (unpaired) electrons. The quantitative estimate of drug-likeness (QED) is 0.691. The number of fused-ring (bicyclic) bond motifs is 1. The molecule has 0 aliphatic carbocycles. The Kier molecular flexibility index (Phi) is 5.64. The van der Waals surface area contributed by atoms with E-state index in [1.54, 1.807) is 6.07 Å². The van der Waals surface area contributed by atoms with E-state index in [0.717, 1.165) is 16.3 Å². The number of ether oxygens (including phenoxy) is 1. The van der Waals surface area contributed by atoms with Crippen molar-refractivity contribution >= 4 is 22.6 Å². The maximum atomic E-state index is 12.6. The number of hydrogen-bond acceptors (Lipinski definition) is 3. The Morgan fingerprint density at radius 3 is 2.35 bits per heavy atom. The molecule has 3 aromatic carbocycles. The molecule has 3 rings (SSSR count). The Labute approximate surface area is 152 Å². The van der Waals surface area contributed by atoms with Crippen molar-refractivity contribution in [2.24, 2.45) is 0 Å². The van der Waals surface area contributed by atoms with Gasteiger partial charge in [0.05, 0.1) is 7.11 Å². The third kappa shape index (κ3) is 4.28. The van der Waals surface area contributed by atoms with Gasteiger partial charge >= 0.3 is 5.97 Å². The van der Waals surface area contributed by atoms with Gasteiger partial charge in [0.15, 0.2) is 0 Å². The maximum absolute atomic E-state index is 12.6. The number of carbonyl (C=O) groups excluding carboxylic acids is 2. The van der Waals surface area contributed by atoms with E-state index in [9.17, 15) is 9.59 Å². The standard InChI is InChI=1S/C22H21NO3/c1-26-22(25)20(14-11-16-7-3-2-4-8-16)23-21(24)19-13-12-17-9-5-6-10-18(17)15-19/h2-10,12-13,15,20H,11,14H2,1H3,(H,23,24)/t20-/m0/s1. The zero-order valence-corrected chi connectivity index (χ0v) is 14.6. The van der Waals surface area contributed by atoms with E-state index in [4.69, 9.17) is 4.74 Å². The SMILES string of the molecule is COC(=O)[C@H](CCc1ccccc1)NC(=O)c1ccc2ccccc2c1. The van der Waals surface area contributed by atoms with Gasteiger partial charge in [-0.25, -0.2) is 4.79 Å². The molecule has 0 spiro atoms. The summed E-state index contributed by atoms with van der Waals surface area (Å²) in [4.78, 5) is 24.7. The number of rotatable bonds is 6. The van der Waals surface area contributed by atoms with Gasteiger partial charge in [-0.2, -0.15) is 0 Å². The summed E-state index contributed by atoms with van der Waals surface area (Å²) in [5, 5.41) is 4.86. The van der Waals surface area contributed by atoms with Crippen LogP contribution in [0.5, 0.6) is 0 Å². The molecular weight excluding hydrogens is 326 g/mol. The van der Waals surface area contributed by atoms with Crippen LogP contribution in [0.4, 0.5) is 0 Å². The predicted molar refractivity (Wildman–Crippen MR) is 102 cm³/mol. The van der Waals surface area contributed by atoms with Crippen LogP contribution in [0.15, 0.2) is 72.8 Å². The maximum Gasteiger partial charge on any atom is 0.328 e. The molecule has 0 saturated carbocycles. The van der Waals surface area contributed by atoms with Gasteiger partial charge in [-0.3, -0.25) is 4.79 Å². The van der Waals surface area contributed by atoms with Gasteiger partial charge in [-0.1, -0.05) is 60.7 Å². The minimum atomic E-state index is -0.681. The molecule has 1 N–H and O–H groups in total. The van der Waals surface area contributed by atoms with Crippen molar-refractivity contribution in [2.75, 3.05) is 7.11 Å². The van der Waals surface area contributed by atoms with Crippen molar-refractivity contribution in [3.8, 4) is 0 Å². The number of amides is 1. The van der Waals surface area contributed by atoms with Gasteiger partial charge in [-0.05, 0) is 41.3 Å². The Balaban J connectivity index is 1.72. The van der Waals surface area contributed by atoms with Gasteiger partial charge in [0.2, 0.25) is 0 Å². The molecule has 0 unspecified atom stereocenters. The van der Waals surface area contributed by atoms with Crippen molar-refractivity contribution in [1.82, 2.24) is 5.32 Å². The predicted octanol–water partition coefficient (Wildman–Crippen LogP) is 3.74. The normalized spacial score (nSPS) is 11.7. The van der Waals surface area contributed by atoms with Crippen LogP contribution in [0.3, 0.4) is 0 Å². The topological polar surface area (TPSA) is 55.4 Å². The Bertz CT molecular complexity index is 905. The second-order valence-electron chi connectivity index (χ2n) is 6.14. The highest BCUT2D eigenvalue weighted by Gasteiger charge is 2.22. The number of nitrogens with one attached hydrogen (secondary N) is 1. The molecule has 1 atom stereocenters. The van der Waals surface area contributed by atoms with Crippen molar-refractivity contribution in [3.63, 3.8) is 0 Å². The van der Waals surface area contributed by atoms with Gasteiger partial charge in [-0.15, -0.1) is 0 Å². The number of esters is 1. The summed E-state index contributed by atoms with van der Waals surface area (Å²) in [7, 11) is 1.33. The van der Waals surface area contributed by atoms with Crippen LogP contribution in [0.1, 0.15) is 22.3 Å². The first kappa shape index (κ1) is 17.7. The van der Waals surface area contributed by atoms with Crippen LogP contribution >= 0.6 is 0 Å². The molecule has 0 bridgehead atoms. The number of carbonyl (C=O) groups is 2. The Morgan fingerprint density at radius 2 is 1.62 bits per heavy atom. The first-order valence-electron chi connectivity index (χ1n) is 8.59. The van der Waals surface area contributed by atoms with E-state index in [2.05, 4.69) is 5.32 Å². The summed E-state index contributed by atoms with van der Waals surface area (Å²) in [6, 6.07) is 22.5. The monoisotopic (exact) mass is 347 g/mol. The molecule has 3 aromatic rings. The first-order chi connectivity index (χ1) is 12.7. The lowest BCUT2D eigenvalue weighted by atomic mass is 10.0. The highest BCUT2D eigenvalue weighted by Crippen LogP contribution is 2.16. The average molecular weight is 347 g/mol. The van der Waals surface area contributed by atoms with Gasteiger partial charge < -0.3 is 10.1 Å². The van der Waals surface area contributed by atoms with Crippen LogP contribution in [-0.4, -0.2) is 25.0 Å². The van der Waals surface area contributed by atoms with Crippen molar-refractivity contribution in [2.45, 2.75) is 18.9 Å². The lowest BCUT2D eigenvalue weighted by molar-refractivity contribution is -0.143. The number of methoxy groups -OCH3 is 1. The van der Waals surface area contributed by atoms with E-state index < -0.39 is 12.0 Å². The average Bonchev–Trinajstić information content (AvgIpc) is 2.70. The molecule has 0 aliphatic heterocycles. The van der Waals surface area contributed by atoms with Gasteiger partial charge in [0, 0.05) is 5.56 Å². The van der Waals surface area contributed by atoms with E-state index in [0.29, 0.717) is 18.4 Å².